The van der Waals surface area contributed by atoms with Crippen LogP contribution in [0.2, 0.25) is 0 Å². The molecule has 0 spiro atoms. The Morgan fingerprint density at radius 2 is 0.472 bits per heavy atom. The zero-order valence-corrected chi connectivity index (χ0v) is 62.7. The molecule has 89 heavy (non-hydrogen) atoms. The summed E-state index contributed by atoms with van der Waals surface area (Å²) >= 11 is 0. The van der Waals surface area contributed by atoms with Crippen LogP contribution < -0.4 is 10.6 Å². The van der Waals surface area contributed by atoms with Crippen molar-refractivity contribution in [2.75, 3.05) is 159 Å². The van der Waals surface area contributed by atoms with Crippen molar-refractivity contribution in [3.63, 3.8) is 0 Å². The summed E-state index contributed by atoms with van der Waals surface area (Å²) in [6.07, 6.45) is 54.6. The van der Waals surface area contributed by atoms with Gasteiger partial charge in [-0.15, -0.1) is 0 Å². The molecule has 0 unspecified atom stereocenters. The van der Waals surface area contributed by atoms with E-state index in [0.717, 1.165) is 65.8 Å². The molecule has 10 heteroatoms. The molecule has 9 saturated heterocycles. The number of nitrogens with one attached hydrogen (secondary N) is 2. The predicted octanol–water partition coefficient (Wildman–Crippen LogP) is 19.0. The molecular weight excluding hydrogens is 1110 g/mol. The number of piperidine rings is 4. The summed E-state index contributed by atoms with van der Waals surface area (Å²) in [4.78, 5) is 14.3. The van der Waals surface area contributed by atoms with Crippen LogP contribution in [0, 0.1) is 41.4 Å². The van der Waals surface area contributed by atoms with E-state index in [1.165, 1.54) is 336 Å². The molecule has 0 aromatic carbocycles. The minimum atomic E-state index is -1.62. The Kier molecular flexibility index (Phi) is 63.7. The van der Waals surface area contributed by atoms with Crippen molar-refractivity contribution in [3.05, 3.63) is 0 Å². The van der Waals surface area contributed by atoms with E-state index in [2.05, 4.69) is 137 Å². The van der Waals surface area contributed by atoms with Gasteiger partial charge >= 0.3 is 0 Å². The number of hydrogen-bond donors (Lipinski definition) is 2. The molecule has 1 atom stereocenters. The molecule has 0 bridgehead atoms. The van der Waals surface area contributed by atoms with Gasteiger partial charge in [-0.25, -0.2) is 0 Å². The topological polar surface area (TPSA) is 60.6 Å². The lowest BCUT2D eigenvalue weighted by molar-refractivity contribution is 0.229. The quantitative estimate of drug-likeness (QED) is 0.231. The summed E-state index contributed by atoms with van der Waals surface area (Å²) < 4.78 is 11.2. The van der Waals surface area contributed by atoms with E-state index in [9.17, 15) is 4.21 Å². The predicted molar refractivity (Wildman–Crippen MR) is 409 cm³/mol. The first-order valence-corrected chi connectivity index (χ1v) is 40.7. The Morgan fingerprint density at radius 3 is 0.607 bits per heavy atom. The van der Waals surface area contributed by atoms with E-state index >= 15 is 0 Å². The largest absolute Gasteiger partial charge is 0.316 e. The standard InChI is InChI=1S/C7H15N.C7H14OS.3C7H14.4C6H13N.C5H11N.C5H10.2C4H9N.2CH4/c1-8-6-4-2-3-5-7-8;1-7-3-5-9(2,8)6-4-7;3*1-7-5-3-2-4-6-7;1-6-3-2-4-7-5-6;3*1-7-5-3-2-4-6-7;1-6-4-2-3-5-6;1-5-3-2-4-5;1-4-2-5-3-4;1-5-3-2-4-5;;/h2-7H2,1H3;7H,2-6H2,1H3;3*7H,2-6H2,1H3;6-7H,2-5H2,1H3;3*2-6H2,1H3;2-5H2,1H3;5H,2-4H2,1H3;4-5H,2-3H2,1H3;2-4H2,1H3;2*1H4/t;;;;;6-;;;;;;;;;/m.....0........./s1. The van der Waals surface area contributed by atoms with Gasteiger partial charge < -0.3 is 40.0 Å². The summed E-state index contributed by atoms with van der Waals surface area (Å²) in [6.45, 7) is 36.9. The van der Waals surface area contributed by atoms with Gasteiger partial charge in [-0.1, -0.05) is 211 Å². The molecule has 0 aromatic rings. The molecule has 9 nitrogen and oxygen atoms in total. The van der Waals surface area contributed by atoms with E-state index in [-0.39, 0.29) is 14.9 Å². The van der Waals surface area contributed by atoms with Gasteiger partial charge in [0, 0.05) is 11.5 Å². The summed E-state index contributed by atoms with van der Waals surface area (Å²) in [5.41, 5.74) is 0. The van der Waals surface area contributed by atoms with Crippen LogP contribution >= 0.6 is 0 Å². The fraction of sp³-hybridized carbons (Fsp3) is 0.987. The molecule has 9 aliphatic heterocycles. The molecule has 2 N–H and O–H groups in total. The zero-order chi connectivity index (χ0) is 64.0. The van der Waals surface area contributed by atoms with Crippen LogP contribution in [0.5, 0.6) is 0 Å². The second-order valence-electron chi connectivity index (χ2n) is 31.0. The summed E-state index contributed by atoms with van der Waals surface area (Å²) in [7, 11) is 11.5. The zero-order valence-electron chi connectivity index (χ0n) is 61.8. The maximum atomic E-state index is 11.2. The number of rotatable bonds is 0. The van der Waals surface area contributed by atoms with Crippen LogP contribution in [0.4, 0.5) is 0 Å². The van der Waals surface area contributed by atoms with Crippen LogP contribution in [0.1, 0.15) is 307 Å². The number of likely N-dealkylation sites (tertiary alicyclic amines) is 6. The number of hydrogen-bond acceptors (Lipinski definition) is 9. The fourth-order valence-electron chi connectivity index (χ4n) is 12.8. The first-order valence-electron chi connectivity index (χ1n) is 38.7. The lowest BCUT2D eigenvalue weighted by Crippen LogP contribution is -2.39. The molecule has 4 saturated carbocycles. The molecule has 0 aromatic heterocycles. The molecule has 13 rings (SSSR count). The third-order valence-corrected chi connectivity index (χ3v) is 22.5. The van der Waals surface area contributed by atoms with Crippen molar-refractivity contribution in [1.29, 1.82) is 0 Å². The van der Waals surface area contributed by atoms with Crippen molar-refractivity contribution < 1.29 is 4.21 Å². The number of nitrogens with zero attached hydrogens (tertiary/aromatic N) is 6. The minimum absolute atomic E-state index is 0. The van der Waals surface area contributed by atoms with Gasteiger partial charge in [-0.3, -0.25) is 4.21 Å². The van der Waals surface area contributed by atoms with Gasteiger partial charge in [0.25, 0.3) is 0 Å². The molecule has 0 radical (unpaired) electrons. The third kappa shape index (κ3) is 62.3. The van der Waals surface area contributed by atoms with Gasteiger partial charge in [0.1, 0.15) is 0 Å². The van der Waals surface area contributed by atoms with E-state index in [0.29, 0.717) is 0 Å². The van der Waals surface area contributed by atoms with E-state index < -0.39 is 9.52 Å². The third-order valence-electron chi connectivity index (χ3n) is 20.5. The fourth-order valence-corrected chi connectivity index (χ4v) is 14.7. The molecule has 538 valence electrons. The van der Waals surface area contributed by atoms with Crippen LogP contribution in [-0.2, 0) is 9.52 Å². The smallest absolute Gasteiger partial charge is 0.0161 e. The Balaban J connectivity index is 0. The van der Waals surface area contributed by atoms with Gasteiger partial charge in [0.05, 0.1) is 0 Å². The first kappa shape index (κ1) is 90.8. The summed E-state index contributed by atoms with van der Waals surface area (Å²) in [6, 6.07) is 0. The van der Waals surface area contributed by atoms with Crippen molar-refractivity contribution in [3.8, 4) is 0 Å². The van der Waals surface area contributed by atoms with Crippen molar-refractivity contribution >= 4 is 15.4 Å². The second-order valence-corrected chi connectivity index (χ2v) is 33.8. The van der Waals surface area contributed by atoms with Crippen LogP contribution in [-0.4, -0.2) is 198 Å². The van der Waals surface area contributed by atoms with Gasteiger partial charge in [0.2, 0.25) is 0 Å². The second kappa shape index (κ2) is 62.5. The Morgan fingerprint density at radius 1 is 0.258 bits per heavy atom. The van der Waals surface area contributed by atoms with E-state index in [1.807, 2.05) is 0 Å². The van der Waals surface area contributed by atoms with Crippen molar-refractivity contribution in [2.24, 2.45) is 41.4 Å². The Hall–Kier alpha value is -0.300. The van der Waals surface area contributed by atoms with Crippen LogP contribution in [0.15, 0.2) is 0 Å². The summed E-state index contributed by atoms with van der Waals surface area (Å²) in [5.74, 6) is 12.2. The van der Waals surface area contributed by atoms with Crippen LogP contribution in [0.25, 0.3) is 0 Å². The minimum Gasteiger partial charge on any atom is -0.316 e. The molecular formula is C79H170N8OS. The van der Waals surface area contributed by atoms with Gasteiger partial charge in [-0.2, -0.15) is 0 Å². The summed E-state index contributed by atoms with van der Waals surface area (Å²) in [5, 5.41) is 6.50. The lowest BCUT2D eigenvalue weighted by atomic mass is 9.88. The van der Waals surface area contributed by atoms with Gasteiger partial charge in [-0.05, 0) is 300 Å². The first-order chi connectivity index (χ1) is 41.8. The maximum absolute atomic E-state index is 11.2. The lowest BCUT2D eigenvalue weighted by Gasteiger charge is -2.24. The highest BCUT2D eigenvalue weighted by Crippen LogP contribution is 2.25. The maximum Gasteiger partial charge on any atom is 0.0161 e. The molecule has 9 heterocycles. The van der Waals surface area contributed by atoms with Gasteiger partial charge in [0.15, 0.2) is 0 Å². The van der Waals surface area contributed by atoms with Crippen molar-refractivity contribution in [1.82, 2.24) is 40.0 Å². The SMILES string of the molecule is C.C.C=S1(=O)CCC(C)CC1.CC1CCC1.CC1CCCCC1.CC1CCCCC1.CC1CCCCC1.CC1CNC1.CN1CCC1.CN1CCCC1.CN1CCCCC1.CN1CCCCC1.CN1CCCCC1.CN1CCCCCC1.C[C@H]1CCCNC1. The van der Waals surface area contributed by atoms with E-state index in [1.54, 1.807) is 0 Å². The molecule has 13 fully saturated rings. The van der Waals surface area contributed by atoms with Crippen molar-refractivity contribution in [2.45, 2.75) is 307 Å². The Labute approximate surface area is 563 Å². The average molecular weight is 1280 g/mol. The Bertz CT molecular complexity index is 1290. The van der Waals surface area contributed by atoms with E-state index in [4.69, 9.17) is 0 Å². The highest BCUT2D eigenvalue weighted by atomic mass is 32.2. The average Bonchev–Trinajstić information content (AvgIpc) is 4.06. The molecule has 4 aliphatic carbocycles. The highest BCUT2D eigenvalue weighted by molar-refractivity contribution is 8.00. The normalized spacial score (nSPS) is 27.4. The highest BCUT2D eigenvalue weighted by Gasteiger charge is 2.16. The molecule has 13 aliphatic rings. The molecule has 0 amide bonds. The monoisotopic (exact) mass is 1280 g/mol. The van der Waals surface area contributed by atoms with Crippen LogP contribution in [0.3, 0.4) is 0 Å².